The fourth-order valence-corrected chi connectivity index (χ4v) is 1.73. The largest absolute Gasteiger partial charge is 0.493 e. The van der Waals surface area contributed by atoms with E-state index in [0.717, 1.165) is 25.3 Å². The van der Waals surface area contributed by atoms with Gasteiger partial charge in [-0.15, -0.1) is 0 Å². The van der Waals surface area contributed by atoms with Crippen molar-refractivity contribution in [2.75, 3.05) is 26.9 Å². The van der Waals surface area contributed by atoms with Crippen LogP contribution < -0.4 is 10.1 Å². The fourth-order valence-electron chi connectivity index (χ4n) is 1.73. The Morgan fingerprint density at radius 3 is 2.58 bits per heavy atom. The molecule has 0 fully saturated rings. The zero-order chi connectivity index (χ0) is 13.9. The van der Waals surface area contributed by atoms with Gasteiger partial charge in [0.15, 0.2) is 0 Å². The van der Waals surface area contributed by atoms with E-state index in [0.29, 0.717) is 13.0 Å². The van der Waals surface area contributed by atoms with Gasteiger partial charge in [-0.1, -0.05) is 19.1 Å². The van der Waals surface area contributed by atoms with Crippen LogP contribution in [0, 0.1) is 11.3 Å². The van der Waals surface area contributed by atoms with Gasteiger partial charge in [-0.3, -0.25) is 0 Å². The van der Waals surface area contributed by atoms with Gasteiger partial charge in [0.25, 0.3) is 0 Å². The minimum atomic E-state index is -0.133. The molecule has 1 atom stereocenters. The molecule has 1 unspecified atom stereocenters. The Morgan fingerprint density at radius 2 is 2.00 bits per heavy atom. The van der Waals surface area contributed by atoms with Crippen molar-refractivity contribution in [3.05, 3.63) is 29.8 Å². The maximum atomic E-state index is 8.89. The molecule has 0 aliphatic carbocycles. The number of nitrogens with zero attached hydrogens (tertiary/aromatic N) is 1. The molecule has 0 saturated carbocycles. The topological polar surface area (TPSA) is 54.3 Å². The van der Waals surface area contributed by atoms with Crippen LogP contribution in [-0.4, -0.2) is 32.9 Å². The molecule has 1 aromatic rings. The molecule has 0 spiro atoms. The molecule has 19 heavy (non-hydrogen) atoms. The zero-order valence-corrected chi connectivity index (χ0v) is 11.7. The number of methoxy groups -OCH3 is 1. The van der Waals surface area contributed by atoms with Crippen molar-refractivity contribution in [3.63, 3.8) is 0 Å². The van der Waals surface area contributed by atoms with E-state index in [1.807, 2.05) is 31.2 Å². The van der Waals surface area contributed by atoms with Crippen molar-refractivity contribution in [3.8, 4) is 11.8 Å². The Balaban J connectivity index is 2.31. The number of rotatable bonds is 9. The normalized spacial score (nSPS) is 11.8. The molecule has 0 amide bonds. The quantitative estimate of drug-likeness (QED) is 0.741. The van der Waals surface area contributed by atoms with Crippen molar-refractivity contribution in [2.24, 2.45) is 0 Å². The van der Waals surface area contributed by atoms with Gasteiger partial charge in [-0.2, -0.15) is 5.26 Å². The van der Waals surface area contributed by atoms with Gasteiger partial charge in [0.1, 0.15) is 5.75 Å². The third kappa shape index (κ3) is 6.23. The Kier molecular flexibility index (Phi) is 7.64. The lowest BCUT2D eigenvalue weighted by atomic mass is 10.1. The van der Waals surface area contributed by atoms with E-state index >= 15 is 0 Å². The van der Waals surface area contributed by atoms with Crippen LogP contribution in [0.15, 0.2) is 24.3 Å². The minimum absolute atomic E-state index is 0.133. The minimum Gasteiger partial charge on any atom is -0.493 e. The second-order valence-corrected chi connectivity index (χ2v) is 4.26. The molecular weight excluding hydrogens is 240 g/mol. The first-order chi connectivity index (χ1) is 9.30. The Hall–Kier alpha value is -1.57. The van der Waals surface area contributed by atoms with Crippen LogP contribution >= 0.6 is 0 Å². The van der Waals surface area contributed by atoms with Crippen molar-refractivity contribution < 1.29 is 9.47 Å². The number of nitriles is 1. The van der Waals surface area contributed by atoms with Crippen molar-refractivity contribution >= 4 is 0 Å². The lowest BCUT2D eigenvalue weighted by Crippen LogP contribution is -2.28. The SMILES string of the molecule is CCNC(C#N)CCOc1ccc(CCOC)cc1. The molecule has 4 heteroatoms. The van der Waals surface area contributed by atoms with Crippen LogP contribution in [0.25, 0.3) is 0 Å². The molecule has 104 valence electrons. The summed E-state index contributed by atoms with van der Waals surface area (Å²) in [7, 11) is 1.70. The van der Waals surface area contributed by atoms with E-state index in [1.54, 1.807) is 7.11 Å². The molecule has 0 aromatic heterocycles. The second kappa shape index (κ2) is 9.37. The summed E-state index contributed by atoms with van der Waals surface area (Å²) in [6.45, 7) is 4.06. The summed E-state index contributed by atoms with van der Waals surface area (Å²) in [5.74, 6) is 0.842. The fraction of sp³-hybridized carbons (Fsp3) is 0.533. The van der Waals surface area contributed by atoms with Crippen molar-refractivity contribution in [2.45, 2.75) is 25.8 Å². The second-order valence-electron chi connectivity index (χ2n) is 4.26. The molecule has 1 rings (SSSR count). The predicted octanol–water partition coefficient (Wildman–Crippen LogP) is 2.15. The number of nitrogens with one attached hydrogen (secondary N) is 1. The van der Waals surface area contributed by atoms with E-state index in [1.165, 1.54) is 5.56 Å². The van der Waals surface area contributed by atoms with Crippen LogP contribution in [0.3, 0.4) is 0 Å². The molecule has 1 N–H and O–H groups in total. The predicted molar refractivity (Wildman–Crippen MR) is 75.2 cm³/mol. The van der Waals surface area contributed by atoms with Gasteiger partial charge in [0, 0.05) is 13.5 Å². The van der Waals surface area contributed by atoms with Crippen LogP contribution in [-0.2, 0) is 11.2 Å². The van der Waals surface area contributed by atoms with E-state index in [4.69, 9.17) is 14.7 Å². The zero-order valence-electron chi connectivity index (χ0n) is 11.7. The molecule has 0 aliphatic rings. The number of hydrogen-bond acceptors (Lipinski definition) is 4. The average Bonchev–Trinajstić information content (AvgIpc) is 2.45. The van der Waals surface area contributed by atoms with Crippen molar-refractivity contribution in [1.29, 1.82) is 5.26 Å². The summed E-state index contributed by atoms with van der Waals surface area (Å²) >= 11 is 0. The lowest BCUT2D eigenvalue weighted by molar-refractivity contribution is 0.202. The number of hydrogen-bond donors (Lipinski definition) is 1. The molecule has 0 heterocycles. The summed E-state index contributed by atoms with van der Waals surface area (Å²) in [4.78, 5) is 0. The van der Waals surface area contributed by atoms with Gasteiger partial charge >= 0.3 is 0 Å². The average molecular weight is 262 g/mol. The van der Waals surface area contributed by atoms with Crippen LogP contribution in [0.4, 0.5) is 0 Å². The number of ether oxygens (including phenoxy) is 2. The highest BCUT2D eigenvalue weighted by Gasteiger charge is 2.05. The standard InChI is InChI=1S/C15H22N2O2/c1-3-17-14(12-16)9-11-19-15-6-4-13(5-7-15)8-10-18-2/h4-7,14,17H,3,8-11H2,1-2H3. The Labute approximate surface area is 115 Å². The first-order valence-electron chi connectivity index (χ1n) is 6.63. The summed E-state index contributed by atoms with van der Waals surface area (Å²) in [5.41, 5.74) is 1.23. The maximum absolute atomic E-state index is 8.89. The molecule has 4 nitrogen and oxygen atoms in total. The summed E-state index contributed by atoms with van der Waals surface area (Å²) in [5, 5.41) is 12.0. The van der Waals surface area contributed by atoms with Crippen LogP contribution in [0.5, 0.6) is 5.75 Å². The smallest absolute Gasteiger partial charge is 0.119 e. The molecule has 0 aliphatic heterocycles. The highest BCUT2D eigenvalue weighted by atomic mass is 16.5. The van der Waals surface area contributed by atoms with Gasteiger partial charge < -0.3 is 14.8 Å². The number of benzene rings is 1. The molecular formula is C15H22N2O2. The van der Waals surface area contributed by atoms with Crippen LogP contribution in [0.2, 0.25) is 0 Å². The molecule has 0 radical (unpaired) electrons. The van der Waals surface area contributed by atoms with E-state index in [2.05, 4.69) is 11.4 Å². The van der Waals surface area contributed by atoms with E-state index in [-0.39, 0.29) is 6.04 Å². The lowest BCUT2D eigenvalue weighted by Gasteiger charge is -2.11. The summed E-state index contributed by atoms with van der Waals surface area (Å²) in [6.07, 6.45) is 1.60. The summed E-state index contributed by atoms with van der Waals surface area (Å²) in [6, 6.07) is 10.1. The first-order valence-corrected chi connectivity index (χ1v) is 6.63. The maximum Gasteiger partial charge on any atom is 0.119 e. The molecule has 0 saturated heterocycles. The van der Waals surface area contributed by atoms with Crippen LogP contribution in [0.1, 0.15) is 18.9 Å². The van der Waals surface area contributed by atoms with Crippen molar-refractivity contribution in [1.82, 2.24) is 5.32 Å². The van der Waals surface area contributed by atoms with Gasteiger partial charge in [0.05, 0.1) is 25.3 Å². The third-order valence-electron chi connectivity index (χ3n) is 2.80. The monoisotopic (exact) mass is 262 g/mol. The third-order valence-corrected chi connectivity index (χ3v) is 2.80. The Morgan fingerprint density at radius 1 is 1.26 bits per heavy atom. The molecule has 0 bridgehead atoms. The Bertz CT molecular complexity index is 384. The van der Waals surface area contributed by atoms with Gasteiger partial charge in [0.2, 0.25) is 0 Å². The summed E-state index contributed by atoms with van der Waals surface area (Å²) < 4.78 is 10.7. The highest BCUT2D eigenvalue weighted by molar-refractivity contribution is 5.27. The molecule has 1 aromatic carbocycles. The van der Waals surface area contributed by atoms with E-state index in [9.17, 15) is 0 Å². The van der Waals surface area contributed by atoms with Gasteiger partial charge in [-0.05, 0) is 30.7 Å². The van der Waals surface area contributed by atoms with Gasteiger partial charge in [-0.25, -0.2) is 0 Å². The first kappa shape index (κ1) is 15.5. The highest BCUT2D eigenvalue weighted by Crippen LogP contribution is 2.13. The van der Waals surface area contributed by atoms with E-state index < -0.39 is 0 Å².